The Labute approximate surface area is 197 Å². The van der Waals surface area contributed by atoms with E-state index in [1.165, 1.54) is 81.9 Å². The third kappa shape index (κ3) is 16.6. The van der Waals surface area contributed by atoms with Crippen LogP contribution in [0.5, 0.6) is 0 Å². The Bertz CT molecular complexity index is 345. The van der Waals surface area contributed by atoms with Crippen molar-refractivity contribution in [3.8, 4) is 0 Å². The van der Waals surface area contributed by atoms with Crippen LogP contribution in [0.15, 0.2) is 30.3 Å². The molecule has 1 aromatic carbocycles. The summed E-state index contributed by atoms with van der Waals surface area (Å²) in [6.07, 6.45) is 16.0. The van der Waals surface area contributed by atoms with E-state index < -0.39 is 0 Å². The molecule has 0 spiro atoms. The molecule has 0 aliphatic carbocycles. The van der Waals surface area contributed by atoms with Gasteiger partial charge in [0, 0.05) is 0 Å². The fourth-order valence-electron chi connectivity index (χ4n) is 2.86. The predicted molar refractivity (Wildman–Crippen MR) is 103 cm³/mol. The largest absolute Gasteiger partial charge is 1.00 e. The second-order valence-electron chi connectivity index (χ2n) is 6.44. The van der Waals surface area contributed by atoms with E-state index >= 15 is 0 Å². The van der Waals surface area contributed by atoms with Gasteiger partial charge < -0.3 is 5.11 Å². The number of hydrogen-bond acceptors (Lipinski definition) is 2. The summed E-state index contributed by atoms with van der Waals surface area (Å²) >= 11 is 1.96. The van der Waals surface area contributed by atoms with Crippen LogP contribution in [0, 0.1) is 0 Å². The van der Waals surface area contributed by atoms with Crippen LogP contribution in [-0.4, -0.2) is 18.1 Å². The molecule has 0 fully saturated rings. The quantitative estimate of drug-likeness (QED) is 0.328. The van der Waals surface area contributed by atoms with Gasteiger partial charge >= 0.3 is 51.4 Å². The van der Waals surface area contributed by atoms with Crippen LogP contribution in [0.2, 0.25) is 0 Å². The van der Waals surface area contributed by atoms with Gasteiger partial charge in [0.25, 0.3) is 0 Å². The van der Waals surface area contributed by atoms with Crippen molar-refractivity contribution in [2.24, 2.45) is 0 Å². The van der Waals surface area contributed by atoms with Gasteiger partial charge in [-0.3, -0.25) is 0 Å². The minimum Gasteiger partial charge on any atom is -0.854 e. The first kappa shape index (κ1) is 25.2. The number of hydrogen-bond donors (Lipinski definition) is 0. The van der Waals surface area contributed by atoms with Gasteiger partial charge in [-0.05, 0) is 36.3 Å². The maximum Gasteiger partial charge on any atom is 1.00 e. The van der Waals surface area contributed by atoms with Gasteiger partial charge in [0.1, 0.15) is 0 Å². The average Bonchev–Trinajstić information content (AvgIpc) is 2.59. The van der Waals surface area contributed by atoms with Crippen molar-refractivity contribution < 1.29 is 56.5 Å². The van der Waals surface area contributed by atoms with E-state index in [0.717, 1.165) is 12.2 Å². The SMILES string of the molecule is [K+].[O-]CCCSCCCCCCCCCCCCc1ccccc1. The Morgan fingerprint density at radius 2 is 1.12 bits per heavy atom. The molecule has 1 nitrogen and oxygen atoms in total. The van der Waals surface area contributed by atoms with E-state index in [9.17, 15) is 5.11 Å². The molecular weight excluding hydrogens is 339 g/mol. The standard InChI is InChI=1S/C21H35OS.K/c22-18-14-20-23-19-13-8-6-4-2-1-3-5-7-10-15-21-16-11-9-12-17-21;/h9,11-12,16-17H,1-8,10,13-15,18-20H2;/q-1;+1. The molecule has 24 heavy (non-hydrogen) atoms. The number of thioether (sulfide) groups is 1. The second kappa shape index (κ2) is 20.5. The van der Waals surface area contributed by atoms with Gasteiger partial charge in [0.05, 0.1) is 0 Å². The molecule has 0 aromatic heterocycles. The van der Waals surface area contributed by atoms with Crippen molar-refractivity contribution in [1.82, 2.24) is 0 Å². The molecule has 0 saturated heterocycles. The summed E-state index contributed by atoms with van der Waals surface area (Å²) in [5.41, 5.74) is 1.48. The van der Waals surface area contributed by atoms with E-state index in [4.69, 9.17) is 0 Å². The fraction of sp³-hybridized carbons (Fsp3) is 0.714. The summed E-state index contributed by atoms with van der Waals surface area (Å²) in [5.74, 6) is 2.31. The molecule has 0 radical (unpaired) electrons. The second-order valence-corrected chi connectivity index (χ2v) is 7.67. The van der Waals surface area contributed by atoms with Crippen molar-refractivity contribution in [2.45, 2.75) is 77.0 Å². The van der Waals surface area contributed by atoms with Gasteiger partial charge in [-0.1, -0.05) is 88.1 Å². The van der Waals surface area contributed by atoms with Crippen LogP contribution in [-0.2, 0) is 6.42 Å². The van der Waals surface area contributed by atoms with Crippen LogP contribution in [0.25, 0.3) is 0 Å². The molecule has 0 aliphatic heterocycles. The maximum atomic E-state index is 10.3. The zero-order valence-electron chi connectivity index (χ0n) is 15.8. The van der Waals surface area contributed by atoms with Crippen molar-refractivity contribution in [2.75, 3.05) is 18.1 Å². The topological polar surface area (TPSA) is 23.1 Å². The Kier molecular flexibility index (Phi) is 21.5. The molecule has 0 aliphatic rings. The van der Waals surface area contributed by atoms with Crippen LogP contribution in [0.1, 0.15) is 76.2 Å². The first-order chi connectivity index (χ1) is 11.4. The third-order valence-corrected chi connectivity index (χ3v) is 5.43. The van der Waals surface area contributed by atoms with Crippen molar-refractivity contribution in [3.63, 3.8) is 0 Å². The molecule has 0 amide bonds. The monoisotopic (exact) mass is 374 g/mol. The van der Waals surface area contributed by atoms with Crippen LogP contribution >= 0.6 is 11.8 Å². The van der Waals surface area contributed by atoms with Gasteiger partial charge in [-0.2, -0.15) is 11.8 Å². The van der Waals surface area contributed by atoms with Gasteiger partial charge in [-0.15, -0.1) is 6.61 Å². The van der Waals surface area contributed by atoms with Crippen molar-refractivity contribution in [1.29, 1.82) is 0 Å². The van der Waals surface area contributed by atoms with E-state index in [0.29, 0.717) is 0 Å². The van der Waals surface area contributed by atoms with E-state index in [2.05, 4.69) is 30.3 Å². The zero-order chi connectivity index (χ0) is 16.4. The smallest absolute Gasteiger partial charge is 0.854 e. The zero-order valence-corrected chi connectivity index (χ0v) is 19.7. The molecular formula is C21H35KOS. The Morgan fingerprint density at radius 3 is 1.71 bits per heavy atom. The third-order valence-electron chi connectivity index (χ3n) is 4.28. The number of rotatable bonds is 16. The average molecular weight is 375 g/mol. The van der Waals surface area contributed by atoms with Crippen molar-refractivity contribution in [3.05, 3.63) is 35.9 Å². The Balaban J connectivity index is 0.00000529. The minimum atomic E-state index is 0. The first-order valence-corrected chi connectivity index (χ1v) is 10.8. The summed E-state index contributed by atoms with van der Waals surface area (Å²) in [5, 5.41) is 10.3. The van der Waals surface area contributed by atoms with Crippen LogP contribution < -0.4 is 56.5 Å². The van der Waals surface area contributed by atoms with Crippen molar-refractivity contribution >= 4 is 11.8 Å². The molecule has 1 aromatic rings. The molecule has 0 saturated carbocycles. The predicted octanol–water partition coefficient (Wildman–Crippen LogP) is 2.62. The number of unbranched alkanes of at least 4 members (excludes halogenated alkanes) is 9. The van der Waals surface area contributed by atoms with Gasteiger partial charge in [-0.25, -0.2) is 0 Å². The minimum absolute atomic E-state index is 0. The van der Waals surface area contributed by atoms with Crippen LogP contribution in [0.3, 0.4) is 0 Å². The molecule has 0 atom stereocenters. The summed E-state index contributed by atoms with van der Waals surface area (Å²) in [4.78, 5) is 0. The van der Waals surface area contributed by atoms with E-state index in [1.54, 1.807) is 0 Å². The maximum absolute atomic E-state index is 10.3. The molecule has 3 heteroatoms. The summed E-state index contributed by atoms with van der Waals surface area (Å²) in [7, 11) is 0. The summed E-state index contributed by atoms with van der Waals surface area (Å²) in [6, 6.07) is 10.9. The molecule has 1 rings (SSSR count). The summed E-state index contributed by atoms with van der Waals surface area (Å²) < 4.78 is 0. The fourth-order valence-corrected chi connectivity index (χ4v) is 3.79. The summed E-state index contributed by atoms with van der Waals surface area (Å²) in [6.45, 7) is 0.0965. The molecule has 132 valence electrons. The Hall–Kier alpha value is 1.17. The molecule has 0 heterocycles. The van der Waals surface area contributed by atoms with E-state index in [-0.39, 0.29) is 58.0 Å². The molecule has 0 N–H and O–H groups in total. The first-order valence-electron chi connectivity index (χ1n) is 9.63. The number of aryl methyl sites for hydroxylation is 1. The van der Waals surface area contributed by atoms with E-state index in [1.807, 2.05) is 11.8 Å². The number of benzene rings is 1. The normalized spacial score (nSPS) is 10.5. The van der Waals surface area contributed by atoms with Crippen LogP contribution in [0.4, 0.5) is 0 Å². The molecule has 0 bridgehead atoms. The van der Waals surface area contributed by atoms with Gasteiger partial charge in [0.15, 0.2) is 0 Å². The Morgan fingerprint density at radius 1 is 0.625 bits per heavy atom. The van der Waals surface area contributed by atoms with Gasteiger partial charge in [0.2, 0.25) is 0 Å². The molecule has 0 unspecified atom stereocenters.